The zero-order valence-corrected chi connectivity index (χ0v) is 12.9. The van der Waals surface area contributed by atoms with Crippen molar-refractivity contribution >= 4 is 11.6 Å². The van der Waals surface area contributed by atoms with Gasteiger partial charge in [-0.2, -0.15) is 0 Å². The van der Waals surface area contributed by atoms with Crippen LogP contribution in [-0.2, 0) is 4.74 Å². The number of nitrogens with two attached hydrogens (primary N) is 1. The van der Waals surface area contributed by atoms with Crippen LogP contribution in [0.15, 0.2) is 24.3 Å². The minimum atomic E-state index is -0.436. The number of benzene rings is 1. The van der Waals surface area contributed by atoms with Crippen molar-refractivity contribution in [3.63, 3.8) is 0 Å². The number of hydrogen-bond donors (Lipinski definition) is 1. The molecule has 0 fully saturated rings. The van der Waals surface area contributed by atoms with Crippen LogP contribution in [0.1, 0.15) is 32.3 Å². The van der Waals surface area contributed by atoms with Crippen LogP contribution in [0, 0.1) is 0 Å². The summed E-state index contributed by atoms with van der Waals surface area (Å²) >= 11 is 6.50. The molecule has 1 aromatic carbocycles. The van der Waals surface area contributed by atoms with Crippen molar-refractivity contribution in [1.29, 1.82) is 0 Å². The zero-order chi connectivity index (χ0) is 14.5. The van der Waals surface area contributed by atoms with Crippen molar-refractivity contribution in [2.24, 2.45) is 5.73 Å². The molecule has 0 aliphatic heterocycles. The van der Waals surface area contributed by atoms with Crippen LogP contribution in [0.3, 0.4) is 0 Å². The predicted molar refractivity (Wildman–Crippen MR) is 80.1 cm³/mol. The van der Waals surface area contributed by atoms with E-state index in [0.29, 0.717) is 13.2 Å². The maximum atomic E-state index is 6.50. The lowest BCUT2D eigenvalue weighted by Gasteiger charge is -2.33. The maximum Gasteiger partial charge on any atom is 0.123 e. The van der Waals surface area contributed by atoms with Crippen molar-refractivity contribution in [2.45, 2.75) is 37.6 Å². The van der Waals surface area contributed by atoms with Gasteiger partial charge in [0.1, 0.15) is 12.4 Å². The fraction of sp³-hybridized carbons (Fsp3) is 0.600. The van der Waals surface area contributed by atoms with E-state index in [4.69, 9.17) is 26.8 Å². The molecule has 0 spiro atoms. The van der Waals surface area contributed by atoms with Crippen LogP contribution in [-0.4, -0.2) is 31.2 Å². The molecule has 108 valence electrons. The molecule has 0 saturated carbocycles. The number of rotatable bonds is 7. The number of alkyl halides is 1. The summed E-state index contributed by atoms with van der Waals surface area (Å²) in [5.41, 5.74) is 7.16. The summed E-state index contributed by atoms with van der Waals surface area (Å²) in [5, 5.41) is 0. The second-order valence-corrected chi connectivity index (χ2v) is 6.25. The molecule has 19 heavy (non-hydrogen) atoms. The SMILES string of the molecule is COCCOc1ccccc1C(C(C)N)C(C)(C)Cl. The van der Waals surface area contributed by atoms with E-state index in [-0.39, 0.29) is 12.0 Å². The maximum absolute atomic E-state index is 6.50. The smallest absolute Gasteiger partial charge is 0.123 e. The number of hydrogen-bond acceptors (Lipinski definition) is 3. The van der Waals surface area contributed by atoms with Gasteiger partial charge in [0.05, 0.1) is 6.61 Å². The summed E-state index contributed by atoms with van der Waals surface area (Å²) in [6, 6.07) is 7.85. The average molecular weight is 286 g/mol. The van der Waals surface area contributed by atoms with Crippen molar-refractivity contribution in [1.82, 2.24) is 0 Å². The van der Waals surface area contributed by atoms with E-state index in [1.807, 2.05) is 45.0 Å². The third-order valence-electron chi connectivity index (χ3n) is 3.06. The summed E-state index contributed by atoms with van der Waals surface area (Å²) in [7, 11) is 1.65. The van der Waals surface area contributed by atoms with Crippen LogP contribution in [0.4, 0.5) is 0 Å². The molecular formula is C15H24ClNO2. The molecule has 0 amide bonds. The fourth-order valence-corrected chi connectivity index (χ4v) is 2.70. The van der Waals surface area contributed by atoms with E-state index in [0.717, 1.165) is 11.3 Å². The molecule has 1 aromatic rings. The quantitative estimate of drug-likeness (QED) is 0.618. The highest BCUT2D eigenvalue weighted by atomic mass is 35.5. The van der Waals surface area contributed by atoms with Gasteiger partial charge in [-0.25, -0.2) is 0 Å². The zero-order valence-electron chi connectivity index (χ0n) is 12.2. The molecule has 2 N–H and O–H groups in total. The van der Waals surface area contributed by atoms with E-state index in [1.165, 1.54) is 0 Å². The van der Waals surface area contributed by atoms with Crippen LogP contribution < -0.4 is 10.5 Å². The Labute approximate surface area is 121 Å². The largest absolute Gasteiger partial charge is 0.491 e. The Kier molecular flexibility index (Phi) is 6.11. The van der Waals surface area contributed by atoms with Gasteiger partial charge in [0.2, 0.25) is 0 Å². The molecule has 2 unspecified atom stereocenters. The average Bonchev–Trinajstić information content (AvgIpc) is 2.29. The van der Waals surface area contributed by atoms with Gasteiger partial charge in [0.15, 0.2) is 0 Å². The van der Waals surface area contributed by atoms with Gasteiger partial charge < -0.3 is 15.2 Å². The lowest BCUT2D eigenvalue weighted by atomic mass is 9.82. The van der Waals surface area contributed by atoms with Crippen molar-refractivity contribution in [3.8, 4) is 5.75 Å². The highest BCUT2D eigenvalue weighted by molar-refractivity contribution is 6.24. The van der Waals surface area contributed by atoms with Crippen LogP contribution in [0.5, 0.6) is 5.75 Å². The number of ether oxygens (including phenoxy) is 2. The molecular weight excluding hydrogens is 262 g/mol. The summed E-state index contributed by atoms with van der Waals surface area (Å²) in [6.07, 6.45) is 0. The molecule has 0 heterocycles. The van der Waals surface area contributed by atoms with Gasteiger partial charge in [-0.15, -0.1) is 11.6 Å². The number of halogens is 1. The molecule has 3 nitrogen and oxygen atoms in total. The van der Waals surface area contributed by atoms with Gasteiger partial charge in [0, 0.05) is 29.5 Å². The normalized spacial score (nSPS) is 15.1. The third kappa shape index (κ3) is 4.68. The van der Waals surface area contributed by atoms with Crippen LogP contribution in [0.25, 0.3) is 0 Å². The van der Waals surface area contributed by atoms with Crippen LogP contribution in [0.2, 0.25) is 0 Å². The first-order valence-electron chi connectivity index (χ1n) is 6.53. The first-order chi connectivity index (χ1) is 8.88. The molecule has 0 aliphatic rings. The Bertz CT molecular complexity index is 388. The highest BCUT2D eigenvalue weighted by Crippen LogP contribution is 2.39. The van der Waals surface area contributed by atoms with Crippen molar-refractivity contribution < 1.29 is 9.47 Å². The van der Waals surface area contributed by atoms with Gasteiger partial charge in [-0.05, 0) is 26.8 Å². The lowest BCUT2D eigenvalue weighted by Crippen LogP contribution is -2.37. The first-order valence-corrected chi connectivity index (χ1v) is 6.91. The van der Waals surface area contributed by atoms with E-state index in [2.05, 4.69) is 0 Å². The van der Waals surface area contributed by atoms with E-state index in [1.54, 1.807) is 7.11 Å². The van der Waals surface area contributed by atoms with E-state index >= 15 is 0 Å². The second kappa shape index (κ2) is 7.13. The van der Waals surface area contributed by atoms with Crippen molar-refractivity contribution in [2.75, 3.05) is 20.3 Å². The molecule has 0 radical (unpaired) electrons. The number of methoxy groups -OCH3 is 1. The third-order valence-corrected chi connectivity index (χ3v) is 3.30. The van der Waals surface area contributed by atoms with Gasteiger partial charge >= 0.3 is 0 Å². The van der Waals surface area contributed by atoms with E-state index in [9.17, 15) is 0 Å². The Morgan fingerprint density at radius 3 is 2.42 bits per heavy atom. The lowest BCUT2D eigenvalue weighted by molar-refractivity contribution is 0.145. The number of para-hydroxylation sites is 1. The minimum Gasteiger partial charge on any atom is -0.491 e. The Morgan fingerprint density at radius 1 is 1.26 bits per heavy atom. The molecule has 0 aliphatic carbocycles. The molecule has 4 heteroatoms. The minimum absolute atomic E-state index is 0.0212. The Morgan fingerprint density at radius 2 is 1.89 bits per heavy atom. The summed E-state index contributed by atoms with van der Waals surface area (Å²) in [5.74, 6) is 0.850. The van der Waals surface area contributed by atoms with Gasteiger partial charge in [-0.3, -0.25) is 0 Å². The molecule has 0 aromatic heterocycles. The first kappa shape index (κ1) is 16.3. The topological polar surface area (TPSA) is 44.5 Å². The summed E-state index contributed by atoms with van der Waals surface area (Å²) in [6.45, 7) is 7.01. The monoisotopic (exact) mass is 285 g/mol. The summed E-state index contributed by atoms with van der Waals surface area (Å²) in [4.78, 5) is -0.436. The van der Waals surface area contributed by atoms with Crippen LogP contribution >= 0.6 is 11.6 Å². The molecule has 2 atom stereocenters. The predicted octanol–water partition coefficient (Wildman–Crippen LogP) is 3.16. The van der Waals surface area contributed by atoms with E-state index < -0.39 is 4.87 Å². The Balaban J connectivity index is 3.02. The van der Waals surface area contributed by atoms with Crippen molar-refractivity contribution in [3.05, 3.63) is 29.8 Å². The van der Waals surface area contributed by atoms with Gasteiger partial charge in [0.25, 0.3) is 0 Å². The molecule has 1 rings (SSSR count). The molecule has 0 bridgehead atoms. The molecule has 0 saturated heterocycles. The standard InChI is InChI=1S/C15H24ClNO2/c1-11(17)14(15(2,3)16)12-7-5-6-8-13(12)19-10-9-18-4/h5-8,11,14H,9-10,17H2,1-4H3. The van der Waals surface area contributed by atoms with Gasteiger partial charge in [-0.1, -0.05) is 18.2 Å². The fourth-order valence-electron chi connectivity index (χ4n) is 2.38. The Hall–Kier alpha value is -0.770. The summed E-state index contributed by atoms with van der Waals surface area (Å²) < 4.78 is 10.8. The highest BCUT2D eigenvalue weighted by Gasteiger charge is 2.33. The second-order valence-electron chi connectivity index (χ2n) is 5.28.